The second-order valence-electron chi connectivity index (χ2n) is 6.52. The van der Waals surface area contributed by atoms with Crippen LogP contribution in [0.2, 0.25) is 0 Å². The number of rotatable bonds is 11. The number of anilines is 2. The van der Waals surface area contributed by atoms with Gasteiger partial charge in [-0.1, -0.05) is 31.6 Å². The molecule has 0 heterocycles. The van der Waals surface area contributed by atoms with E-state index in [0.717, 1.165) is 41.4 Å². The standard InChI is InChI=1S/C22H30N4/c1-18(2)24-15-5-3-4-6-16-25-21-11-13-22(14-12-21)26-17-19-7-9-20(23)10-8-19/h7-14,17,24-25H,1,3-6,15-16,23H2,2H3. The van der Waals surface area contributed by atoms with Crippen LogP contribution in [0.4, 0.5) is 17.1 Å². The maximum Gasteiger partial charge on any atom is 0.0631 e. The highest BCUT2D eigenvalue weighted by atomic mass is 14.9. The Balaban J connectivity index is 1.64. The smallest absolute Gasteiger partial charge is 0.0631 e. The summed E-state index contributed by atoms with van der Waals surface area (Å²) in [7, 11) is 0. The van der Waals surface area contributed by atoms with Crippen LogP contribution in [0, 0.1) is 0 Å². The molecule has 0 saturated heterocycles. The van der Waals surface area contributed by atoms with Crippen molar-refractivity contribution in [3.05, 3.63) is 66.4 Å². The zero-order valence-corrected chi connectivity index (χ0v) is 15.7. The zero-order chi connectivity index (χ0) is 18.6. The van der Waals surface area contributed by atoms with Gasteiger partial charge in [0.2, 0.25) is 0 Å². The predicted molar refractivity (Wildman–Crippen MR) is 114 cm³/mol. The van der Waals surface area contributed by atoms with Crippen LogP contribution in [0.1, 0.15) is 38.2 Å². The molecule has 138 valence electrons. The Kier molecular flexibility index (Phi) is 8.27. The monoisotopic (exact) mass is 350 g/mol. The molecule has 0 atom stereocenters. The molecule has 0 spiro atoms. The number of hydrogen-bond donors (Lipinski definition) is 3. The SMILES string of the molecule is C=C(C)NCCCCCCNc1ccc(N=Cc2ccc(N)cc2)cc1. The molecule has 0 saturated carbocycles. The Hall–Kier alpha value is -2.75. The lowest BCUT2D eigenvalue weighted by Crippen LogP contribution is -2.11. The van der Waals surface area contributed by atoms with Crippen LogP contribution in [0.15, 0.2) is 65.8 Å². The largest absolute Gasteiger partial charge is 0.399 e. The Morgan fingerprint density at radius 1 is 0.962 bits per heavy atom. The van der Waals surface area contributed by atoms with E-state index >= 15 is 0 Å². The summed E-state index contributed by atoms with van der Waals surface area (Å²) in [6.45, 7) is 7.87. The number of nitrogens with two attached hydrogens (primary N) is 1. The molecule has 0 aromatic heterocycles. The van der Waals surface area contributed by atoms with Crippen molar-refractivity contribution in [1.82, 2.24) is 5.32 Å². The van der Waals surface area contributed by atoms with Gasteiger partial charge in [-0.15, -0.1) is 0 Å². The van der Waals surface area contributed by atoms with E-state index in [1.807, 2.05) is 49.5 Å². The summed E-state index contributed by atoms with van der Waals surface area (Å²) in [6.07, 6.45) is 6.73. The highest BCUT2D eigenvalue weighted by Gasteiger charge is 1.95. The molecule has 0 aliphatic carbocycles. The van der Waals surface area contributed by atoms with E-state index in [-0.39, 0.29) is 0 Å². The van der Waals surface area contributed by atoms with Gasteiger partial charge in [-0.05, 0) is 61.7 Å². The van der Waals surface area contributed by atoms with Crippen molar-refractivity contribution in [2.45, 2.75) is 32.6 Å². The van der Waals surface area contributed by atoms with Crippen LogP contribution in [0.5, 0.6) is 0 Å². The summed E-state index contributed by atoms with van der Waals surface area (Å²) in [5.41, 5.74) is 10.6. The number of nitrogen functional groups attached to an aromatic ring is 1. The summed E-state index contributed by atoms with van der Waals surface area (Å²) in [6, 6.07) is 15.9. The minimum Gasteiger partial charge on any atom is -0.399 e. The number of aliphatic imine (C=N–C) groups is 1. The van der Waals surface area contributed by atoms with Gasteiger partial charge in [-0.2, -0.15) is 0 Å². The first-order valence-corrected chi connectivity index (χ1v) is 9.26. The molecule has 0 aliphatic heterocycles. The average Bonchev–Trinajstić information content (AvgIpc) is 2.64. The van der Waals surface area contributed by atoms with Gasteiger partial charge in [0.1, 0.15) is 0 Å². The second kappa shape index (κ2) is 11.0. The predicted octanol–water partition coefficient (Wildman–Crippen LogP) is 5.11. The van der Waals surface area contributed by atoms with Crippen LogP contribution in [0.3, 0.4) is 0 Å². The van der Waals surface area contributed by atoms with E-state index < -0.39 is 0 Å². The van der Waals surface area contributed by atoms with Gasteiger partial charge >= 0.3 is 0 Å². The molecule has 4 nitrogen and oxygen atoms in total. The van der Waals surface area contributed by atoms with Gasteiger partial charge < -0.3 is 16.4 Å². The molecule has 0 unspecified atom stereocenters. The lowest BCUT2D eigenvalue weighted by Gasteiger charge is -2.07. The third kappa shape index (κ3) is 7.88. The van der Waals surface area contributed by atoms with Crippen LogP contribution >= 0.6 is 0 Å². The lowest BCUT2D eigenvalue weighted by molar-refractivity contribution is 0.628. The van der Waals surface area contributed by atoms with E-state index in [4.69, 9.17) is 5.73 Å². The number of nitrogens with one attached hydrogen (secondary N) is 2. The van der Waals surface area contributed by atoms with E-state index in [9.17, 15) is 0 Å². The number of hydrogen-bond acceptors (Lipinski definition) is 4. The minimum absolute atomic E-state index is 0.765. The third-order valence-corrected chi connectivity index (χ3v) is 4.03. The molecule has 26 heavy (non-hydrogen) atoms. The van der Waals surface area contributed by atoms with Crippen molar-refractivity contribution in [2.75, 3.05) is 24.1 Å². The molecule has 0 fully saturated rings. The van der Waals surface area contributed by atoms with Crippen molar-refractivity contribution in [3.8, 4) is 0 Å². The fourth-order valence-electron chi connectivity index (χ4n) is 2.53. The van der Waals surface area contributed by atoms with Gasteiger partial charge in [-0.25, -0.2) is 0 Å². The normalized spacial score (nSPS) is 10.8. The molecule has 4 heteroatoms. The summed E-state index contributed by atoms with van der Waals surface area (Å²) in [4.78, 5) is 4.49. The highest BCUT2D eigenvalue weighted by molar-refractivity contribution is 5.82. The minimum atomic E-state index is 0.765. The molecular weight excluding hydrogens is 320 g/mol. The highest BCUT2D eigenvalue weighted by Crippen LogP contribution is 2.16. The van der Waals surface area contributed by atoms with Crippen molar-refractivity contribution >= 4 is 23.3 Å². The molecule has 2 aromatic carbocycles. The van der Waals surface area contributed by atoms with Gasteiger partial charge in [0, 0.05) is 36.4 Å². The summed E-state index contributed by atoms with van der Waals surface area (Å²) in [5, 5.41) is 6.73. The van der Waals surface area contributed by atoms with E-state index in [0.29, 0.717) is 0 Å². The van der Waals surface area contributed by atoms with Crippen LogP contribution in [-0.2, 0) is 0 Å². The van der Waals surface area contributed by atoms with Gasteiger partial charge in [0.25, 0.3) is 0 Å². The number of nitrogens with zero attached hydrogens (tertiary/aromatic N) is 1. The molecule has 0 radical (unpaired) electrons. The summed E-state index contributed by atoms with van der Waals surface area (Å²) < 4.78 is 0. The van der Waals surface area contributed by atoms with Crippen molar-refractivity contribution in [3.63, 3.8) is 0 Å². The van der Waals surface area contributed by atoms with E-state index in [1.54, 1.807) is 0 Å². The first-order chi connectivity index (χ1) is 12.6. The quantitative estimate of drug-likeness (QED) is 0.300. The molecule has 2 rings (SSSR count). The maximum atomic E-state index is 5.68. The Morgan fingerprint density at radius 2 is 1.62 bits per heavy atom. The molecular formula is C22H30N4. The maximum absolute atomic E-state index is 5.68. The Bertz CT molecular complexity index is 687. The molecule has 0 aliphatic rings. The molecule has 2 aromatic rings. The van der Waals surface area contributed by atoms with Crippen LogP contribution < -0.4 is 16.4 Å². The van der Waals surface area contributed by atoms with Crippen molar-refractivity contribution < 1.29 is 0 Å². The van der Waals surface area contributed by atoms with Crippen LogP contribution in [-0.4, -0.2) is 19.3 Å². The van der Waals surface area contributed by atoms with E-state index in [2.05, 4.69) is 34.3 Å². The lowest BCUT2D eigenvalue weighted by atomic mass is 10.2. The number of allylic oxidation sites excluding steroid dienone is 1. The van der Waals surface area contributed by atoms with Gasteiger partial charge in [0.05, 0.1) is 5.69 Å². The summed E-state index contributed by atoms with van der Waals surface area (Å²) in [5.74, 6) is 0. The molecule has 0 amide bonds. The van der Waals surface area contributed by atoms with Crippen molar-refractivity contribution in [2.24, 2.45) is 4.99 Å². The Labute approximate surface area is 157 Å². The fraction of sp³-hybridized carbons (Fsp3) is 0.318. The molecule has 4 N–H and O–H groups in total. The van der Waals surface area contributed by atoms with E-state index in [1.165, 1.54) is 25.7 Å². The second-order valence-corrected chi connectivity index (χ2v) is 6.52. The first kappa shape index (κ1) is 19.6. The number of unbranched alkanes of at least 4 members (excludes halogenated alkanes) is 3. The summed E-state index contributed by atoms with van der Waals surface area (Å²) >= 11 is 0. The van der Waals surface area contributed by atoms with Crippen LogP contribution in [0.25, 0.3) is 0 Å². The van der Waals surface area contributed by atoms with Gasteiger partial charge in [-0.3, -0.25) is 4.99 Å². The topological polar surface area (TPSA) is 62.4 Å². The fourth-order valence-corrected chi connectivity index (χ4v) is 2.53. The first-order valence-electron chi connectivity index (χ1n) is 9.26. The Morgan fingerprint density at radius 3 is 2.27 bits per heavy atom. The zero-order valence-electron chi connectivity index (χ0n) is 15.7. The number of benzene rings is 2. The molecule has 0 bridgehead atoms. The van der Waals surface area contributed by atoms with Gasteiger partial charge in [0.15, 0.2) is 0 Å². The average molecular weight is 351 g/mol. The van der Waals surface area contributed by atoms with Crippen molar-refractivity contribution in [1.29, 1.82) is 0 Å². The third-order valence-electron chi connectivity index (χ3n) is 4.03.